The summed E-state index contributed by atoms with van der Waals surface area (Å²) in [5.74, 6) is 2.28. The lowest BCUT2D eigenvalue weighted by molar-refractivity contribution is 0.246. The highest BCUT2D eigenvalue weighted by atomic mass is 16.5. The Morgan fingerprint density at radius 2 is 1.87 bits per heavy atom. The molecule has 0 radical (unpaired) electrons. The maximum atomic E-state index is 5.24. The molecule has 0 bridgehead atoms. The summed E-state index contributed by atoms with van der Waals surface area (Å²) >= 11 is 0. The van der Waals surface area contributed by atoms with E-state index >= 15 is 0 Å². The van der Waals surface area contributed by atoms with Crippen LogP contribution in [-0.2, 0) is 6.54 Å². The van der Waals surface area contributed by atoms with E-state index in [0.717, 1.165) is 55.8 Å². The van der Waals surface area contributed by atoms with Crippen molar-refractivity contribution < 1.29 is 9.26 Å². The van der Waals surface area contributed by atoms with Gasteiger partial charge in [0, 0.05) is 50.0 Å². The fraction of sp³-hybridized carbons (Fsp3) is 0.562. The molecule has 0 spiro atoms. The summed E-state index contributed by atoms with van der Waals surface area (Å²) in [6.07, 6.45) is 0. The molecule has 3 rings (SSSR count). The topological polar surface area (TPSA) is 67.5 Å². The van der Waals surface area contributed by atoms with E-state index in [1.807, 2.05) is 26.8 Å². The van der Waals surface area contributed by atoms with Gasteiger partial charge in [-0.05, 0) is 20.8 Å². The van der Waals surface area contributed by atoms with Gasteiger partial charge in [-0.15, -0.1) is 0 Å². The third-order valence-corrected chi connectivity index (χ3v) is 4.25. The maximum absolute atomic E-state index is 5.24. The molecule has 0 unspecified atom stereocenters. The van der Waals surface area contributed by atoms with Crippen molar-refractivity contribution in [2.24, 2.45) is 0 Å². The number of hydrogen-bond acceptors (Lipinski definition) is 7. The number of methoxy groups -OCH3 is 1. The number of ether oxygens (including phenoxy) is 1. The first-order chi connectivity index (χ1) is 11.1. The van der Waals surface area contributed by atoms with Crippen LogP contribution in [-0.4, -0.2) is 53.3 Å². The molecule has 124 valence electrons. The van der Waals surface area contributed by atoms with E-state index in [4.69, 9.17) is 9.26 Å². The van der Waals surface area contributed by atoms with E-state index < -0.39 is 0 Å². The smallest absolute Gasteiger partial charge is 0.228 e. The molecular formula is C16H23N5O2. The SMILES string of the molecule is COc1cc(C)nc(N2CCN(Cc3c(C)noc3C)CC2)n1. The number of aryl methyl sites for hydroxylation is 3. The Bertz CT molecular complexity index is 658. The molecule has 1 saturated heterocycles. The number of rotatable bonds is 4. The van der Waals surface area contributed by atoms with Gasteiger partial charge in [0.15, 0.2) is 0 Å². The van der Waals surface area contributed by atoms with E-state index in [2.05, 4.69) is 24.9 Å². The Labute approximate surface area is 136 Å². The van der Waals surface area contributed by atoms with Crippen LogP contribution < -0.4 is 9.64 Å². The number of anilines is 1. The Morgan fingerprint density at radius 1 is 1.13 bits per heavy atom. The molecule has 0 amide bonds. The average molecular weight is 317 g/mol. The van der Waals surface area contributed by atoms with E-state index in [1.165, 1.54) is 5.56 Å². The van der Waals surface area contributed by atoms with Crippen LogP contribution in [0.5, 0.6) is 5.88 Å². The van der Waals surface area contributed by atoms with Gasteiger partial charge in [-0.25, -0.2) is 4.98 Å². The molecule has 1 aliphatic heterocycles. The molecule has 0 aromatic carbocycles. The quantitative estimate of drug-likeness (QED) is 0.850. The number of piperazine rings is 1. The molecule has 1 fully saturated rings. The van der Waals surface area contributed by atoms with Crippen LogP contribution in [0.25, 0.3) is 0 Å². The second-order valence-electron chi connectivity index (χ2n) is 5.92. The van der Waals surface area contributed by atoms with Crippen LogP contribution in [0.3, 0.4) is 0 Å². The number of aromatic nitrogens is 3. The lowest BCUT2D eigenvalue weighted by Gasteiger charge is -2.34. The minimum absolute atomic E-state index is 0.616. The normalized spacial score (nSPS) is 15.9. The van der Waals surface area contributed by atoms with Crippen molar-refractivity contribution in [2.75, 3.05) is 38.2 Å². The fourth-order valence-electron chi connectivity index (χ4n) is 2.83. The van der Waals surface area contributed by atoms with Gasteiger partial charge in [-0.1, -0.05) is 5.16 Å². The predicted octanol–water partition coefficient (Wildman–Crippen LogP) is 1.72. The minimum atomic E-state index is 0.616. The summed E-state index contributed by atoms with van der Waals surface area (Å²) in [6.45, 7) is 10.5. The second-order valence-corrected chi connectivity index (χ2v) is 5.92. The van der Waals surface area contributed by atoms with Crippen LogP contribution in [0.15, 0.2) is 10.6 Å². The molecule has 2 aromatic rings. The van der Waals surface area contributed by atoms with Crippen LogP contribution in [0.4, 0.5) is 5.95 Å². The highest BCUT2D eigenvalue weighted by molar-refractivity contribution is 5.35. The third-order valence-electron chi connectivity index (χ3n) is 4.25. The van der Waals surface area contributed by atoms with Crippen molar-refractivity contribution in [3.05, 3.63) is 28.8 Å². The highest BCUT2D eigenvalue weighted by Crippen LogP contribution is 2.19. The summed E-state index contributed by atoms with van der Waals surface area (Å²) < 4.78 is 10.5. The van der Waals surface area contributed by atoms with Crippen molar-refractivity contribution >= 4 is 5.95 Å². The van der Waals surface area contributed by atoms with Crippen molar-refractivity contribution in [3.8, 4) is 5.88 Å². The molecule has 0 atom stereocenters. The van der Waals surface area contributed by atoms with Crippen LogP contribution in [0.1, 0.15) is 22.7 Å². The summed E-state index contributed by atoms with van der Waals surface area (Å²) in [5.41, 5.74) is 3.11. The van der Waals surface area contributed by atoms with Crippen LogP contribution in [0, 0.1) is 20.8 Å². The van der Waals surface area contributed by atoms with E-state index in [9.17, 15) is 0 Å². The average Bonchev–Trinajstić information content (AvgIpc) is 2.87. The van der Waals surface area contributed by atoms with Gasteiger partial charge in [0.2, 0.25) is 11.8 Å². The zero-order valence-corrected chi connectivity index (χ0v) is 14.2. The van der Waals surface area contributed by atoms with Gasteiger partial charge < -0.3 is 14.2 Å². The predicted molar refractivity (Wildman–Crippen MR) is 86.8 cm³/mol. The largest absolute Gasteiger partial charge is 0.481 e. The van der Waals surface area contributed by atoms with Gasteiger partial charge in [-0.2, -0.15) is 4.98 Å². The van der Waals surface area contributed by atoms with Crippen LogP contribution >= 0.6 is 0 Å². The Morgan fingerprint density at radius 3 is 2.48 bits per heavy atom. The van der Waals surface area contributed by atoms with Crippen LogP contribution in [0.2, 0.25) is 0 Å². The van der Waals surface area contributed by atoms with Crippen molar-refractivity contribution in [2.45, 2.75) is 27.3 Å². The summed E-state index contributed by atoms with van der Waals surface area (Å²) in [5, 5.41) is 4.03. The Kier molecular flexibility index (Phi) is 4.47. The first kappa shape index (κ1) is 15.7. The van der Waals surface area contributed by atoms with Crippen molar-refractivity contribution in [1.29, 1.82) is 0 Å². The van der Waals surface area contributed by atoms with Gasteiger partial charge >= 0.3 is 0 Å². The molecule has 2 aromatic heterocycles. The van der Waals surface area contributed by atoms with E-state index in [1.54, 1.807) is 7.11 Å². The summed E-state index contributed by atoms with van der Waals surface area (Å²) in [4.78, 5) is 13.6. The maximum Gasteiger partial charge on any atom is 0.228 e. The molecule has 0 saturated carbocycles. The summed E-state index contributed by atoms with van der Waals surface area (Å²) in [7, 11) is 1.63. The minimum Gasteiger partial charge on any atom is -0.481 e. The number of hydrogen-bond donors (Lipinski definition) is 0. The molecule has 0 aliphatic carbocycles. The molecule has 7 nitrogen and oxygen atoms in total. The molecule has 3 heterocycles. The molecule has 0 N–H and O–H groups in total. The van der Waals surface area contributed by atoms with Gasteiger partial charge in [-0.3, -0.25) is 4.90 Å². The van der Waals surface area contributed by atoms with Gasteiger partial charge in [0.1, 0.15) is 5.76 Å². The zero-order valence-electron chi connectivity index (χ0n) is 14.2. The van der Waals surface area contributed by atoms with Gasteiger partial charge in [0.05, 0.1) is 12.8 Å². The zero-order chi connectivity index (χ0) is 16.4. The Hall–Kier alpha value is -2.15. The lowest BCUT2D eigenvalue weighted by atomic mass is 10.2. The van der Waals surface area contributed by atoms with E-state index in [-0.39, 0.29) is 0 Å². The highest BCUT2D eigenvalue weighted by Gasteiger charge is 2.22. The fourth-order valence-corrected chi connectivity index (χ4v) is 2.83. The first-order valence-electron chi connectivity index (χ1n) is 7.85. The van der Waals surface area contributed by atoms with Gasteiger partial charge in [0.25, 0.3) is 0 Å². The van der Waals surface area contributed by atoms with E-state index in [0.29, 0.717) is 5.88 Å². The molecule has 23 heavy (non-hydrogen) atoms. The van der Waals surface area contributed by atoms with Crippen molar-refractivity contribution in [3.63, 3.8) is 0 Å². The molecular weight excluding hydrogens is 294 g/mol. The lowest BCUT2D eigenvalue weighted by Crippen LogP contribution is -2.46. The second kappa shape index (κ2) is 6.54. The first-order valence-corrected chi connectivity index (χ1v) is 7.85. The van der Waals surface area contributed by atoms with Crippen molar-refractivity contribution in [1.82, 2.24) is 20.0 Å². The monoisotopic (exact) mass is 317 g/mol. The molecule has 7 heteroatoms. The number of nitrogens with zero attached hydrogens (tertiary/aromatic N) is 5. The Balaban J connectivity index is 1.63. The standard InChI is InChI=1S/C16H23N5O2/c1-11-9-15(22-4)18-16(17-11)21-7-5-20(6-8-21)10-14-12(2)19-23-13(14)3/h9H,5-8,10H2,1-4H3. The third kappa shape index (κ3) is 3.44. The molecule has 1 aliphatic rings. The summed E-state index contributed by atoms with van der Waals surface area (Å²) in [6, 6.07) is 1.84.